The lowest BCUT2D eigenvalue weighted by atomic mass is 10.1. The van der Waals surface area contributed by atoms with Crippen molar-refractivity contribution in [1.82, 2.24) is 14.3 Å². The minimum Gasteiger partial charge on any atom is -0.481 e. The van der Waals surface area contributed by atoms with Gasteiger partial charge in [0.1, 0.15) is 17.8 Å². The fraction of sp³-hybridized carbons (Fsp3) is 0.240. The quantitative estimate of drug-likeness (QED) is 0.0450. The second-order valence-corrected chi connectivity index (χ2v) is 10.9. The van der Waals surface area contributed by atoms with E-state index < -0.39 is 83.0 Å². The summed E-state index contributed by atoms with van der Waals surface area (Å²) in [5.41, 5.74) is 10.4. The molecule has 20 heteroatoms. The van der Waals surface area contributed by atoms with E-state index in [1.165, 1.54) is 24.3 Å². The van der Waals surface area contributed by atoms with Crippen molar-refractivity contribution in [2.45, 2.75) is 31.5 Å². The summed E-state index contributed by atoms with van der Waals surface area (Å²) in [6.07, 6.45) is -2.09. The van der Waals surface area contributed by atoms with Gasteiger partial charge in [-0.15, -0.1) is 0 Å². The van der Waals surface area contributed by atoms with Crippen LogP contribution in [0, 0.1) is 0 Å². The SMILES string of the molecule is CN([C@@H](CC(=O)O)C(=O)O)S(=O)(=O)NCc1ccc(OC(=O)c2ccc(N=C(N)N)cc2)cc1C(=O)N[C@@H](CC(=O)O)C(=O)O. The molecule has 10 N–H and O–H groups in total. The molecule has 0 aliphatic carbocycles. The Morgan fingerprint density at radius 1 is 0.911 bits per heavy atom. The van der Waals surface area contributed by atoms with E-state index in [1.54, 1.807) is 0 Å². The molecule has 2 aromatic rings. The zero-order valence-electron chi connectivity index (χ0n) is 23.2. The lowest BCUT2D eigenvalue weighted by Crippen LogP contribution is -2.48. The van der Waals surface area contributed by atoms with Crippen LogP contribution in [0.15, 0.2) is 47.5 Å². The number of carboxylic acids is 4. The van der Waals surface area contributed by atoms with Crippen molar-refractivity contribution in [2.24, 2.45) is 16.5 Å². The molecule has 2 aromatic carbocycles. The number of carbonyl (C=O) groups is 6. The van der Waals surface area contributed by atoms with Crippen LogP contribution in [-0.2, 0) is 35.9 Å². The zero-order valence-corrected chi connectivity index (χ0v) is 24.1. The van der Waals surface area contributed by atoms with Crippen LogP contribution in [0.4, 0.5) is 5.69 Å². The highest BCUT2D eigenvalue weighted by molar-refractivity contribution is 7.87. The van der Waals surface area contributed by atoms with E-state index in [0.29, 0.717) is 5.69 Å². The molecule has 1 amide bonds. The number of ether oxygens (including phenoxy) is 1. The highest BCUT2D eigenvalue weighted by Gasteiger charge is 2.34. The van der Waals surface area contributed by atoms with Gasteiger partial charge in [0.2, 0.25) is 0 Å². The van der Waals surface area contributed by atoms with Crippen LogP contribution in [-0.4, -0.2) is 94.0 Å². The number of nitrogens with zero attached hydrogens (tertiary/aromatic N) is 2. The summed E-state index contributed by atoms with van der Waals surface area (Å²) in [4.78, 5) is 74.7. The number of hydrogen-bond acceptors (Lipinski definition) is 10. The average molecular weight is 653 g/mol. The van der Waals surface area contributed by atoms with Crippen LogP contribution in [0.3, 0.4) is 0 Å². The average Bonchev–Trinajstić information content (AvgIpc) is 2.93. The molecule has 0 aliphatic heterocycles. The number of esters is 1. The molecule has 2 atom stereocenters. The van der Waals surface area contributed by atoms with E-state index >= 15 is 0 Å². The van der Waals surface area contributed by atoms with Gasteiger partial charge in [-0.2, -0.15) is 17.4 Å². The lowest BCUT2D eigenvalue weighted by molar-refractivity contribution is -0.147. The molecule has 0 aromatic heterocycles. The number of nitrogens with one attached hydrogen (secondary N) is 2. The van der Waals surface area contributed by atoms with Crippen molar-refractivity contribution in [3.8, 4) is 5.75 Å². The molecule has 0 saturated carbocycles. The van der Waals surface area contributed by atoms with Gasteiger partial charge in [0.25, 0.3) is 16.1 Å². The third-order valence-electron chi connectivity index (χ3n) is 5.80. The molecular formula is C25H28N6O13S. The van der Waals surface area contributed by atoms with E-state index in [0.717, 1.165) is 25.2 Å². The number of guanidine groups is 1. The highest BCUT2D eigenvalue weighted by atomic mass is 32.2. The summed E-state index contributed by atoms with van der Waals surface area (Å²) < 4.78 is 33.1. The third kappa shape index (κ3) is 10.6. The zero-order chi connectivity index (χ0) is 34.1. The number of carboxylic acid groups (broad SMARTS) is 4. The summed E-state index contributed by atoms with van der Waals surface area (Å²) >= 11 is 0. The minimum absolute atomic E-state index is 0.0252. The fourth-order valence-electron chi connectivity index (χ4n) is 3.56. The Hall–Kier alpha value is -5.60. The number of aliphatic carboxylic acids is 4. The Balaban J connectivity index is 2.42. The van der Waals surface area contributed by atoms with Crippen LogP contribution in [0.5, 0.6) is 5.75 Å². The Morgan fingerprint density at radius 2 is 1.51 bits per heavy atom. The van der Waals surface area contributed by atoms with Crippen molar-refractivity contribution in [3.63, 3.8) is 0 Å². The summed E-state index contributed by atoms with van der Waals surface area (Å²) in [6, 6.07) is 4.80. The molecule has 19 nitrogen and oxygen atoms in total. The van der Waals surface area contributed by atoms with Crippen molar-refractivity contribution in [2.75, 3.05) is 7.05 Å². The van der Waals surface area contributed by atoms with E-state index in [1.807, 2.05) is 10.0 Å². The smallest absolute Gasteiger partial charge is 0.343 e. The van der Waals surface area contributed by atoms with Crippen LogP contribution >= 0.6 is 0 Å². The molecule has 0 radical (unpaired) electrons. The number of nitrogens with two attached hydrogens (primary N) is 2. The van der Waals surface area contributed by atoms with Crippen molar-refractivity contribution < 1.29 is 62.3 Å². The van der Waals surface area contributed by atoms with Gasteiger partial charge >= 0.3 is 29.8 Å². The van der Waals surface area contributed by atoms with E-state index in [-0.39, 0.29) is 27.1 Å². The standard InChI is InChI=1S/C25H28N6O13S/c1-31(18(23(39)40)10-20(34)35)45(42,43)28-11-13-4-7-15(8-16(13)21(36)30-17(22(37)38)9-19(32)33)44-24(41)12-2-5-14(6-3-12)29-25(26)27/h2-8,17-18,28H,9-11H2,1H3,(H,30,36)(H,32,33)(H,34,35)(H,37,38)(H,39,40)(H4,26,27,29)/t17-,18-/m0/s1. The number of likely N-dealkylation sites (N-methyl/N-ethyl adjacent to an activating group) is 1. The van der Waals surface area contributed by atoms with Gasteiger partial charge < -0.3 is 41.9 Å². The summed E-state index contributed by atoms with van der Waals surface area (Å²) in [5, 5.41) is 38.5. The minimum atomic E-state index is -4.69. The van der Waals surface area contributed by atoms with Crippen LogP contribution in [0.1, 0.15) is 39.1 Å². The van der Waals surface area contributed by atoms with E-state index in [2.05, 4.69) is 4.99 Å². The number of carbonyl (C=O) groups excluding carboxylic acids is 2. The first-order valence-electron chi connectivity index (χ1n) is 12.4. The fourth-order valence-corrected chi connectivity index (χ4v) is 4.60. The second kappa shape index (κ2) is 15.2. The predicted molar refractivity (Wildman–Crippen MR) is 152 cm³/mol. The normalized spacial score (nSPS) is 12.4. The Morgan fingerprint density at radius 3 is 2.02 bits per heavy atom. The topological polar surface area (TPSA) is 318 Å². The molecule has 242 valence electrons. The van der Waals surface area contributed by atoms with Gasteiger partial charge in [-0.1, -0.05) is 6.07 Å². The number of amides is 1. The Labute approximate surface area is 254 Å². The first kappa shape index (κ1) is 35.6. The van der Waals surface area contributed by atoms with Gasteiger partial charge in [-0.3, -0.25) is 19.2 Å². The molecule has 0 saturated heterocycles. The molecule has 0 heterocycles. The van der Waals surface area contributed by atoms with Gasteiger partial charge in [-0.05, 0) is 42.0 Å². The highest BCUT2D eigenvalue weighted by Crippen LogP contribution is 2.22. The van der Waals surface area contributed by atoms with Crippen molar-refractivity contribution in [3.05, 3.63) is 59.2 Å². The molecule has 0 aliphatic rings. The molecule has 0 unspecified atom stereocenters. The van der Waals surface area contributed by atoms with Gasteiger partial charge in [0, 0.05) is 19.2 Å². The Bertz CT molecular complexity index is 1620. The largest absolute Gasteiger partial charge is 0.481 e. The van der Waals surface area contributed by atoms with Gasteiger partial charge in [-0.25, -0.2) is 14.6 Å². The monoisotopic (exact) mass is 652 g/mol. The van der Waals surface area contributed by atoms with Crippen LogP contribution in [0.25, 0.3) is 0 Å². The molecule has 0 spiro atoms. The molecule has 0 bridgehead atoms. The number of benzene rings is 2. The second-order valence-electron chi connectivity index (χ2n) is 9.05. The molecule has 2 rings (SSSR count). The number of rotatable bonds is 16. The predicted octanol–water partition coefficient (Wildman–Crippen LogP) is -1.34. The first-order valence-corrected chi connectivity index (χ1v) is 13.8. The first-order chi connectivity index (χ1) is 20.9. The van der Waals surface area contributed by atoms with Gasteiger partial charge in [0.15, 0.2) is 5.96 Å². The van der Waals surface area contributed by atoms with Crippen LogP contribution < -0.4 is 26.2 Å². The summed E-state index contributed by atoms with van der Waals surface area (Å²) in [5.74, 6) is -9.19. The van der Waals surface area contributed by atoms with E-state index in [9.17, 15) is 47.4 Å². The molecule has 45 heavy (non-hydrogen) atoms. The van der Waals surface area contributed by atoms with Crippen LogP contribution in [0.2, 0.25) is 0 Å². The molecular weight excluding hydrogens is 624 g/mol. The number of aliphatic imine (C=N–C) groups is 1. The summed E-state index contributed by atoms with van der Waals surface area (Å²) in [7, 11) is -3.88. The lowest BCUT2D eigenvalue weighted by Gasteiger charge is -2.23. The molecule has 0 fully saturated rings. The maximum atomic E-state index is 13.1. The maximum absolute atomic E-state index is 13.1. The third-order valence-corrected chi connectivity index (χ3v) is 7.32. The van der Waals surface area contributed by atoms with Gasteiger partial charge in [0.05, 0.1) is 24.1 Å². The van der Waals surface area contributed by atoms with Crippen molar-refractivity contribution >= 4 is 57.6 Å². The summed E-state index contributed by atoms with van der Waals surface area (Å²) in [6.45, 7) is -0.730. The Kier molecular flexibility index (Phi) is 12.0. The van der Waals surface area contributed by atoms with E-state index in [4.69, 9.17) is 26.4 Å². The van der Waals surface area contributed by atoms with Crippen molar-refractivity contribution in [1.29, 1.82) is 0 Å². The number of hydrogen-bond donors (Lipinski definition) is 8. The maximum Gasteiger partial charge on any atom is 0.343 e.